The molecule has 0 fully saturated rings. The van der Waals surface area contributed by atoms with E-state index < -0.39 is 11.8 Å². The number of nitrogens with zero attached hydrogens (tertiary/aromatic N) is 1. The second-order valence-corrected chi connectivity index (χ2v) is 7.97. The van der Waals surface area contributed by atoms with Crippen molar-refractivity contribution in [1.82, 2.24) is 10.2 Å². The maximum atomic E-state index is 12.9. The van der Waals surface area contributed by atoms with Gasteiger partial charge in [-0.05, 0) is 42.7 Å². The lowest BCUT2D eigenvalue weighted by Gasteiger charge is -2.13. The zero-order valence-electron chi connectivity index (χ0n) is 18.4. The first-order chi connectivity index (χ1) is 15.3. The second kappa shape index (κ2) is 10.2. The van der Waals surface area contributed by atoms with Gasteiger partial charge in [0.15, 0.2) is 0 Å². The van der Waals surface area contributed by atoms with Gasteiger partial charge in [-0.1, -0.05) is 26.0 Å². The highest BCUT2D eigenvalue weighted by atomic mass is 16.5. The van der Waals surface area contributed by atoms with Gasteiger partial charge in [0.2, 0.25) is 0 Å². The number of methoxy groups -OCH3 is 1. The van der Waals surface area contributed by atoms with Crippen molar-refractivity contribution in [3.05, 3.63) is 64.7 Å². The number of anilines is 1. The first-order valence-corrected chi connectivity index (χ1v) is 10.5. The lowest BCUT2D eigenvalue weighted by Crippen LogP contribution is -2.31. The van der Waals surface area contributed by atoms with Gasteiger partial charge < -0.3 is 15.4 Å². The van der Waals surface area contributed by atoms with Gasteiger partial charge in [-0.2, -0.15) is 0 Å². The van der Waals surface area contributed by atoms with Crippen LogP contribution >= 0.6 is 0 Å². The van der Waals surface area contributed by atoms with E-state index in [4.69, 9.17) is 4.74 Å². The van der Waals surface area contributed by atoms with Gasteiger partial charge in [-0.15, -0.1) is 0 Å². The maximum absolute atomic E-state index is 12.9. The Morgan fingerprint density at radius 1 is 1.00 bits per heavy atom. The van der Waals surface area contributed by atoms with Crippen molar-refractivity contribution in [3.63, 3.8) is 0 Å². The summed E-state index contributed by atoms with van der Waals surface area (Å²) < 4.78 is 4.98. The quantitative estimate of drug-likeness (QED) is 0.464. The summed E-state index contributed by atoms with van der Waals surface area (Å²) >= 11 is 0. The van der Waals surface area contributed by atoms with E-state index in [-0.39, 0.29) is 35.0 Å². The van der Waals surface area contributed by atoms with Crippen molar-refractivity contribution in [2.75, 3.05) is 32.1 Å². The molecule has 168 valence electrons. The summed E-state index contributed by atoms with van der Waals surface area (Å²) in [6, 6.07) is 11.1. The highest BCUT2D eigenvalue weighted by Crippen LogP contribution is 2.25. The third kappa shape index (κ3) is 5.03. The van der Waals surface area contributed by atoms with Crippen LogP contribution in [-0.4, -0.2) is 55.3 Å². The van der Waals surface area contributed by atoms with E-state index in [1.165, 1.54) is 23.1 Å². The molecule has 8 heteroatoms. The Kier molecular flexibility index (Phi) is 7.37. The molecule has 0 unspecified atom stereocenters. The molecule has 1 heterocycles. The molecular weight excluding hydrogens is 410 g/mol. The SMILES string of the molecule is COCCCN1C(=O)c2ccc(C(=O)Nc3ccccc3C(=O)NCC(C)C)cc2C1=O. The highest BCUT2D eigenvalue weighted by molar-refractivity contribution is 6.22. The number of hydrogen-bond donors (Lipinski definition) is 2. The predicted octanol–water partition coefficient (Wildman–Crippen LogP) is 2.96. The molecule has 2 aromatic carbocycles. The first kappa shape index (κ1) is 23.1. The average Bonchev–Trinajstić information content (AvgIpc) is 3.02. The van der Waals surface area contributed by atoms with Gasteiger partial charge in [0.1, 0.15) is 0 Å². The van der Waals surface area contributed by atoms with E-state index in [1.54, 1.807) is 31.4 Å². The summed E-state index contributed by atoms with van der Waals surface area (Å²) in [5.41, 5.74) is 1.41. The molecule has 2 N–H and O–H groups in total. The third-order valence-corrected chi connectivity index (χ3v) is 5.05. The van der Waals surface area contributed by atoms with Crippen LogP contribution in [0, 0.1) is 5.92 Å². The van der Waals surface area contributed by atoms with Gasteiger partial charge >= 0.3 is 0 Å². The first-order valence-electron chi connectivity index (χ1n) is 10.5. The largest absolute Gasteiger partial charge is 0.385 e. The number of carbonyl (C=O) groups is 4. The van der Waals surface area contributed by atoms with Crippen molar-refractivity contribution >= 4 is 29.3 Å². The zero-order valence-corrected chi connectivity index (χ0v) is 18.4. The number of amides is 4. The molecule has 8 nitrogen and oxygen atoms in total. The number of hydrogen-bond acceptors (Lipinski definition) is 5. The topological polar surface area (TPSA) is 105 Å². The number of fused-ring (bicyclic) bond motifs is 1. The van der Waals surface area contributed by atoms with Crippen LogP contribution in [0.25, 0.3) is 0 Å². The number of rotatable bonds is 9. The Morgan fingerprint density at radius 3 is 2.44 bits per heavy atom. The summed E-state index contributed by atoms with van der Waals surface area (Å²) in [5.74, 6) is -1.27. The van der Waals surface area contributed by atoms with Gasteiger partial charge in [0.05, 0.1) is 22.4 Å². The van der Waals surface area contributed by atoms with Crippen LogP contribution in [0.4, 0.5) is 5.69 Å². The maximum Gasteiger partial charge on any atom is 0.261 e. The molecule has 0 atom stereocenters. The molecule has 0 bridgehead atoms. The number of benzene rings is 2. The summed E-state index contributed by atoms with van der Waals surface area (Å²) in [6.45, 7) is 5.19. The lowest BCUT2D eigenvalue weighted by atomic mass is 10.0. The summed E-state index contributed by atoms with van der Waals surface area (Å²) in [6.07, 6.45) is 0.533. The van der Waals surface area contributed by atoms with E-state index >= 15 is 0 Å². The standard InChI is InChI=1S/C24H27N3O5/c1-15(2)14-25-22(29)18-7-4-5-8-20(18)26-21(28)16-9-10-17-19(13-16)24(31)27(23(17)30)11-6-12-32-3/h4-5,7-10,13,15H,6,11-12,14H2,1-3H3,(H,25,29)(H,26,28). The molecule has 0 aromatic heterocycles. The van der Waals surface area contributed by atoms with E-state index in [9.17, 15) is 19.2 Å². The van der Waals surface area contributed by atoms with Crippen LogP contribution in [0.15, 0.2) is 42.5 Å². The molecular formula is C24H27N3O5. The van der Waals surface area contributed by atoms with E-state index in [0.717, 1.165) is 0 Å². The molecule has 0 radical (unpaired) electrons. The van der Waals surface area contributed by atoms with Crippen LogP contribution in [0.5, 0.6) is 0 Å². The van der Waals surface area contributed by atoms with Gasteiger partial charge in [-0.25, -0.2) is 0 Å². The molecule has 0 spiro atoms. The Hall–Kier alpha value is -3.52. The van der Waals surface area contributed by atoms with Crippen LogP contribution in [0.1, 0.15) is 61.7 Å². The Morgan fingerprint density at radius 2 is 1.72 bits per heavy atom. The van der Waals surface area contributed by atoms with Crippen LogP contribution < -0.4 is 10.6 Å². The molecule has 32 heavy (non-hydrogen) atoms. The van der Waals surface area contributed by atoms with Crippen molar-refractivity contribution in [2.24, 2.45) is 5.92 Å². The minimum Gasteiger partial charge on any atom is -0.385 e. The van der Waals surface area contributed by atoms with E-state index in [2.05, 4.69) is 10.6 Å². The molecule has 0 aliphatic carbocycles. The number of nitrogens with one attached hydrogen (secondary N) is 2. The van der Waals surface area contributed by atoms with Crippen LogP contribution in [0.3, 0.4) is 0 Å². The number of carbonyl (C=O) groups excluding carboxylic acids is 4. The normalized spacial score (nSPS) is 12.8. The third-order valence-electron chi connectivity index (χ3n) is 5.05. The van der Waals surface area contributed by atoms with Crippen molar-refractivity contribution < 1.29 is 23.9 Å². The summed E-state index contributed by atoms with van der Waals surface area (Å²) in [7, 11) is 1.55. The fourth-order valence-electron chi connectivity index (χ4n) is 3.38. The number of ether oxygens (including phenoxy) is 1. The monoisotopic (exact) mass is 437 g/mol. The lowest BCUT2D eigenvalue weighted by molar-refractivity contribution is 0.0638. The fraction of sp³-hybridized carbons (Fsp3) is 0.333. The van der Waals surface area contributed by atoms with Gasteiger partial charge in [0.25, 0.3) is 23.6 Å². The van der Waals surface area contributed by atoms with Crippen LogP contribution in [0.2, 0.25) is 0 Å². The van der Waals surface area contributed by atoms with Gasteiger partial charge in [-0.3, -0.25) is 24.1 Å². The number of imide groups is 1. The number of para-hydroxylation sites is 1. The van der Waals surface area contributed by atoms with E-state index in [1.807, 2.05) is 13.8 Å². The second-order valence-electron chi connectivity index (χ2n) is 7.97. The molecule has 0 saturated heterocycles. The zero-order chi connectivity index (χ0) is 23.3. The Balaban J connectivity index is 1.77. The molecule has 1 aliphatic heterocycles. The van der Waals surface area contributed by atoms with Crippen molar-refractivity contribution in [1.29, 1.82) is 0 Å². The molecule has 2 aromatic rings. The summed E-state index contributed by atoms with van der Waals surface area (Å²) in [4.78, 5) is 51.7. The fourth-order valence-corrected chi connectivity index (χ4v) is 3.38. The Bertz CT molecular complexity index is 1050. The van der Waals surface area contributed by atoms with E-state index in [0.29, 0.717) is 36.7 Å². The van der Waals surface area contributed by atoms with Crippen LogP contribution in [-0.2, 0) is 4.74 Å². The molecule has 0 saturated carbocycles. The molecule has 1 aliphatic rings. The smallest absolute Gasteiger partial charge is 0.261 e. The minimum atomic E-state index is -0.477. The Labute approximate surface area is 186 Å². The van der Waals surface area contributed by atoms with Crippen molar-refractivity contribution in [3.8, 4) is 0 Å². The summed E-state index contributed by atoms with van der Waals surface area (Å²) in [5, 5.41) is 5.57. The van der Waals surface area contributed by atoms with Gasteiger partial charge in [0, 0.05) is 32.4 Å². The highest BCUT2D eigenvalue weighted by Gasteiger charge is 2.35. The predicted molar refractivity (Wildman–Crippen MR) is 120 cm³/mol. The molecule has 3 rings (SSSR count). The average molecular weight is 437 g/mol. The van der Waals surface area contributed by atoms with Crippen molar-refractivity contribution in [2.45, 2.75) is 20.3 Å². The minimum absolute atomic E-state index is 0.197. The molecule has 4 amide bonds.